The number of nitrogens with zero attached hydrogens (tertiary/aromatic N) is 1. The SMILES string of the molecule is CCC(C)CC(C)NS(=O)(=O)N(C)CCCNC. The monoisotopic (exact) mass is 279 g/mol. The minimum Gasteiger partial charge on any atom is -0.320 e. The van der Waals surface area contributed by atoms with Gasteiger partial charge < -0.3 is 5.32 Å². The van der Waals surface area contributed by atoms with E-state index in [0.29, 0.717) is 12.5 Å². The van der Waals surface area contributed by atoms with Gasteiger partial charge in [-0.05, 0) is 39.3 Å². The molecule has 0 aliphatic carbocycles. The Morgan fingerprint density at radius 3 is 2.39 bits per heavy atom. The van der Waals surface area contributed by atoms with E-state index in [-0.39, 0.29) is 6.04 Å². The zero-order valence-electron chi connectivity index (χ0n) is 12.4. The molecule has 0 spiro atoms. The first-order valence-corrected chi connectivity index (χ1v) is 8.15. The molecule has 2 atom stereocenters. The van der Waals surface area contributed by atoms with Gasteiger partial charge in [-0.2, -0.15) is 17.4 Å². The van der Waals surface area contributed by atoms with Gasteiger partial charge in [0.05, 0.1) is 0 Å². The Hall–Kier alpha value is -0.170. The van der Waals surface area contributed by atoms with E-state index in [1.165, 1.54) is 4.31 Å². The molecular weight excluding hydrogens is 250 g/mol. The molecule has 2 N–H and O–H groups in total. The van der Waals surface area contributed by atoms with Crippen LogP contribution >= 0.6 is 0 Å². The Kier molecular flexibility index (Phi) is 8.77. The normalized spacial score (nSPS) is 15.9. The van der Waals surface area contributed by atoms with E-state index < -0.39 is 10.2 Å². The standard InChI is InChI=1S/C12H29N3O2S/c1-6-11(2)10-12(3)14-18(16,17)15(5)9-7-8-13-4/h11-14H,6-10H2,1-5H3. The Balaban J connectivity index is 4.19. The summed E-state index contributed by atoms with van der Waals surface area (Å²) < 4.78 is 28.1. The molecular formula is C12H29N3O2S. The van der Waals surface area contributed by atoms with Crippen LogP contribution in [-0.2, 0) is 10.2 Å². The van der Waals surface area contributed by atoms with E-state index in [4.69, 9.17) is 0 Å². The largest absolute Gasteiger partial charge is 0.320 e. The first-order chi connectivity index (χ1) is 8.33. The summed E-state index contributed by atoms with van der Waals surface area (Å²) in [5.41, 5.74) is 0. The van der Waals surface area contributed by atoms with Gasteiger partial charge in [0.2, 0.25) is 0 Å². The van der Waals surface area contributed by atoms with E-state index in [9.17, 15) is 8.42 Å². The van der Waals surface area contributed by atoms with Crippen LogP contribution in [0.1, 0.15) is 40.0 Å². The number of hydrogen-bond donors (Lipinski definition) is 2. The van der Waals surface area contributed by atoms with Crippen molar-refractivity contribution in [1.29, 1.82) is 0 Å². The van der Waals surface area contributed by atoms with Crippen LogP contribution in [0.15, 0.2) is 0 Å². The summed E-state index contributed by atoms with van der Waals surface area (Å²) in [5.74, 6) is 0.539. The zero-order valence-corrected chi connectivity index (χ0v) is 13.2. The lowest BCUT2D eigenvalue weighted by Crippen LogP contribution is -2.43. The molecule has 0 heterocycles. The summed E-state index contributed by atoms with van der Waals surface area (Å²) >= 11 is 0. The fourth-order valence-corrected chi connectivity index (χ4v) is 2.92. The van der Waals surface area contributed by atoms with Crippen molar-refractivity contribution in [2.75, 3.05) is 27.2 Å². The molecule has 0 saturated heterocycles. The van der Waals surface area contributed by atoms with Crippen LogP contribution in [0.25, 0.3) is 0 Å². The van der Waals surface area contributed by atoms with Crippen molar-refractivity contribution in [2.24, 2.45) is 5.92 Å². The fraction of sp³-hybridized carbons (Fsp3) is 1.00. The van der Waals surface area contributed by atoms with Crippen LogP contribution in [0.5, 0.6) is 0 Å². The highest BCUT2D eigenvalue weighted by molar-refractivity contribution is 7.87. The minimum absolute atomic E-state index is 0.0169. The second-order valence-electron chi connectivity index (χ2n) is 5.05. The number of rotatable bonds is 10. The molecule has 2 unspecified atom stereocenters. The van der Waals surface area contributed by atoms with Gasteiger partial charge in [0.15, 0.2) is 0 Å². The van der Waals surface area contributed by atoms with Gasteiger partial charge in [-0.3, -0.25) is 0 Å². The van der Waals surface area contributed by atoms with Crippen LogP contribution in [0, 0.1) is 5.92 Å². The van der Waals surface area contributed by atoms with Gasteiger partial charge in [-0.1, -0.05) is 20.3 Å². The van der Waals surface area contributed by atoms with E-state index in [1.807, 2.05) is 14.0 Å². The lowest BCUT2D eigenvalue weighted by molar-refractivity contribution is 0.413. The lowest BCUT2D eigenvalue weighted by Gasteiger charge is -2.22. The van der Waals surface area contributed by atoms with E-state index >= 15 is 0 Å². The molecule has 0 bridgehead atoms. The molecule has 0 aromatic rings. The topological polar surface area (TPSA) is 61.4 Å². The maximum absolute atomic E-state index is 12.0. The van der Waals surface area contributed by atoms with Gasteiger partial charge in [0.1, 0.15) is 0 Å². The van der Waals surface area contributed by atoms with Crippen LogP contribution in [0.4, 0.5) is 0 Å². The highest BCUT2D eigenvalue weighted by Crippen LogP contribution is 2.10. The van der Waals surface area contributed by atoms with Crippen LogP contribution < -0.4 is 10.0 Å². The maximum atomic E-state index is 12.0. The summed E-state index contributed by atoms with van der Waals surface area (Å²) in [5, 5.41) is 3.01. The first-order valence-electron chi connectivity index (χ1n) is 6.71. The minimum atomic E-state index is -3.34. The van der Waals surface area contributed by atoms with Crippen molar-refractivity contribution in [3.8, 4) is 0 Å². The molecule has 6 heteroatoms. The summed E-state index contributed by atoms with van der Waals surface area (Å²) in [6.07, 6.45) is 2.76. The fourth-order valence-electron chi connectivity index (χ4n) is 1.76. The predicted molar refractivity (Wildman–Crippen MR) is 76.8 cm³/mol. The molecule has 0 aromatic heterocycles. The van der Waals surface area contributed by atoms with Gasteiger partial charge in [0.25, 0.3) is 10.2 Å². The van der Waals surface area contributed by atoms with Gasteiger partial charge in [-0.15, -0.1) is 0 Å². The second kappa shape index (κ2) is 8.85. The number of hydrogen-bond acceptors (Lipinski definition) is 3. The smallest absolute Gasteiger partial charge is 0.279 e. The molecule has 18 heavy (non-hydrogen) atoms. The Morgan fingerprint density at radius 2 is 1.89 bits per heavy atom. The quantitative estimate of drug-likeness (QED) is 0.591. The van der Waals surface area contributed by atoms with Crippen molar-refractivity contribution < 1.29 is 8.42 Å². The highest BCUT2D eigenvalue weighted by atomic mass is 32.2. The molecule has 0 radical (unpaired) electrons. The van der Waals surface area contributed by atoms with Crippen molar-refractivity contribution in [1.82, 2.24) is 14.3 Å². The van der Waals surface area contributed by atoms with Gasteiger partial charge >= 0.3 is 0 Å². The first kappa shape index (κ1) is 17.8. The number of nitrogens with one attached hydrogen (secondary N) is 2. The molecule has 0 aliphatic heterocycles. The summed E-state index contributed by atoms with van der Waals surface area (Å²) in [4.78, 5) is 0. The molecule has 110 valence electrons. The van der Waals surface area contributed by atoms with Crippen molar-refractivity contribution >= 4 is 10.2 Å². The zero-order chi connectivity index (χ0) is 14.2. The van der Waals surface area contributed by atoms with E-state index in [1.54, 1.807) is 7.05 Å². The summed E-state index contributed by atoms with van der Waals surface area (Å²) in [7, 11) is 0.143. The van der Waals surface area contributed by atoms with Crippen LogP contribution in [0.3, 0.4) is 0 Å². The summed E-state index contributed by atoms with van der Waals surface area (Å²) in [6, 6.07) is -0.0169. The predicted octanol–water partition coefficient (Wildman–Crippen LogP) is 1.19. The van der Waals surface area contributed by atoms with Gasteiger partial charge in [0, 0.05) is 19.6 Å². The molecule has 0 aromatic carbocycles. The van der Waals surface area contributed by atoms with Crippen LogP contribution in [-0.4, -0.2) is 45.9 Å². The Morgan fingerprint density at radius 1 is 1.28 bits per heavy atom. The summed E-state index contributed by atoms with van der Waals surface area (Å²) in [6.45, 7) is 7.54. The third-order valence-electron chi connectivity index (χ3n) is 3.11. The molecule has 0 saturated carbocycles. The van der Waals surface area contributed by atoms with Gasteiger partial charge in [-0.25, -0.2) is 0 Å². The Labute approximate surface area is 113 Å². The average molecular weight is 279 g/mol. The van der Waals surface area contributed by atoms with Crippen LogP contribution in [0.2, 0.25) is 0 Å². The van der Waals surface area contributed by atoms with E-state index in [0.717, 1.165) is 25.8 Å². The van der Waals surface area contributed by atoms with Crippen molar-refractivity contribution in [2.45, 2.75) is 46.1 Å². The maximum Gasteiger partial charge on any atom is 0.279 e. The highest BCUT2D eigenvalue weighted by Gasteiger charge is 2.20. The molecule has 5 nitrogen and oxygen atoms in total. The van der Waals surface area contributed by atoms with Crippen molar-refractivity contribution in [3.63, 3.8) is 0 Å². The molecule has 0 rings (SSSR count). The van der Waals surface area contributed by atoms with E-state index in [2.05, 4.69) is 23.9 Å². The second-order valence-corrected chi connectivity index (χ2v) is 6.86. The molecule has 0 aliphatic rings. The third-order valence-corrected chi connectivity index (χ3v) is 4.82. The molecule has 0 amide bonds. The average Bonchev–Trinajstić information content (AvgIpc) is 2.28. The lowest BCUT2D eigenvalue weighted by atomic mass is 10.0. The van der Waals surface area contributed by atoms with Crippen molar-refractivity contribution in [3.05, 3.63) is 0 Å². The molecule has 0 fully saturated rings. The third kappa shape index (κ3) is 7.31. The Bertz CT molecular complexity index is 306.